The number of carbonyl (C=O) groups is 4. The maximum atomic E-state index is 11.8. The van der Waals surface area contributed by atoms with E-state index >= 15 is 0 Å². The molecule has 1 aliphatic rings. The third-order valence-electron chi connectivity index (χ3n) is 2.97. The van der Waals surface area contributed by atoms with Crippen molar-refractivity contribution in [2.24, 2.45) is 5.92 Å². The number of hydrogen-bond acceptors (Lipinski definition) is 5. The molecular formula is C12H19N3O5. The van der Waals surface area contributed by atoms with E-state index in [9.17, 15) is 19.2 Å². The average molecular weight is 285 g/mol. The number of carbonyl (C=O) groups excluding carboxylic acids is 4. The highest BCUT2D eigenvalue weighted by molar-refractivity contribution is 6.04. The SMILES string of the molecule is COC(=O)C(NC(=O)CN1C(=O)CN(C)C1=O)C(C)C. The van der Waals surface area contributed by atoms with Crippen LogP contribution in [0.5, 0.6) is 0 Å². The van der Waals surface area contributed by atoms with E-state index in [1.165, 1.54) is 19.1 Å². The van der Waals surface area contributed by atoms with Crippen LogP contribution in [-0.2, 0) is 19.1 Å². The monoisotopic (exact) mass is 285 g/mol. The molecule has 0 aromatic carbocycles. The molecule has 20 heavy (non-hydrogen) atoms. The lowest BCUT2D eigenvalue weighted by Gasteiger charge is -2.21. The molecule has 1 saturated heterocycles. The van der Waals surface area contributed by atoms with Crippen molar-refractivity contribution < 1.29 is 23.9 Å². The highest BCUT2D eigenvalue weighted by Gasteiger charge is 2.35. The largest absolute Gasteiger partial charge is 0.467 e. The van der Waals surface area contributed by atoms with Crippen molar-refractivity contribution in [3.05, 3.63) is 0 Å². The molecule has 0 aromatic heterocycles. The summed E-state index contributed by atoms with van der Waals surface area (Å²) in [5.41, 5.74) is 0. The minimum Gasteiger partial charge on any atom is -0.467 e. The van der Waals surface area contributed by atoms with Crippen LogP contribution in [0.4, 0.5) is 4.79 Å². The maximum Gasteiger partial charge on any atom is 0.328 e. The standard InChI is InChI=1S/C12H19N3O5/c1-7(2)10(11(18)20-4)13-8(16)5-15-9(17)6-14(3)12(15)19/h7,10H,5-6H2,1-4H3,(H,13,16). The molecule has 0 aliphatic carbocycles. The van der Waals surface area contributed by atoms with Crippen molar-refractivity contribution in [2.75, 3.05) is 27.2 Å². The van der Waals surface area contributed by atoms with Crippen molar-refractivity contribution in [2.45, 2.75) is 19.9 Å². The van der Waals surface area contributed by atoms with E-state index in [-0.39, 0.29) is 12.5 Å². The molecule has 0 radical (unpaired) electrons. The molecule has 1 rings (SSSR count). The quantitative estimate of drug-likeness (QED) is 0.526. The summed E-state index contributed by atoms with van der Waals surface area (Å²) in [5.74, 6) is -1.75. The number of ether oxygens (including phenoxy) is 1. The summed E-state index contributed by atoms with van der Waals surface area (Å²) in [5, 5.41) is 2.47. The number of amides is 4. The zero-order valence-electron chi connectivity index (χ0n) is 12.0. The van der Waals surface area contributed by atoms with Crippen LogP contribution in [-0.4, -0.2) is 66.9 Å². The summed E-state index contributed by atoms with van der Waals surface area (Å²) >= 11 is 0. The van der Waals surface area contributed by atoms with Gasteiger partial charge in [-0.15, -0.1) is 0 Å². The van der Waals surface area contributed by atoms with Gasteiger partial charge in [-0.2, -0.15) is 0 Å². The van der Waals surface area contributed by atoms with Gasteiger partial charge in [0, 0.05) is 7.05 Å². The zero-order valence-corrected chi connectivity index (χ0v) is 12.0. The molecule has 1 unspecified atom stereocenters. The molecular weight excluding hydrogens is 266 g/mol. The molecule has 0 spiro atoms. The molecule has 0 aromatic rings. The first-order chi connectivity index (χ1) is 9.27. The Kier molecular flexibility index (Phi) is 5.06. The molecule has 1 aliphatic heterocycles. The van der Waals surface area contributed by atoms with E-state index in [0.29, 0.717) is 0 Å². The number of nitrogens with zero attached hydrogens (tertiary/aromatic N) is 2. The van der Waals surface area contributed by atoms with E-state index < -0.39 is 36.4 Å². The van der Waals surface area contributed by atoms with Crippen molar-refractivity contribution in [3.8, 4) is 0 Å². The first kappa shape index (κ1) is 15.9. The predicted octanol–water partition coefficient (Wildman–Crippen LogP) is -0.806. The zero-order chi connectivity index (χ0) is 15.4. The smallest absolute Gasteiger partial charge is 0.328 e. The molecule has 0 bridgehead atoms. The Balaban J connectivity index is 2.65. The normalized spacial score (nSPS) is 16.6. The maximum absolute atomic E-state index is 11.8. The van der Waals surface area contributed by atoms with Crippen molar-refractivity contribution in [3.63, 3.8) is 0 Å². The van der Waals surface area contributed by atoms with Crippen LogP contribution in [0.3, 0.4) is 0 Å². The first-order valence-corrected chi connectivity index (χ1v) is 6.20. The Morgan fingerprint density at radius 3 is 2.35 bits per heavy atom. The van der Waals surface area contributed by atoms with Gasteiger partial charge in [0.1, 0.15) is 19.1 Å². The van der Waals surface area contributed by atoms with Crippen molar-refractivity contribution in [1.82, 2.24) is 15.1 Å². The van der Waals surface area contributed by atoms with E-state index in [1.807, 2.05) is 0 Å². The number of rotatable bonds is 5. The molecule has 1 N–H and O–H groups in total. The fourth-order valence-electron chi connectivity index (χ4n) is 1.81. The molecule has 4 amide bonds. The number of methoxy groups -OCH3 is 1. The summed E-state index contributed by atoms with van der Waals surface area (Å²) in [6, 6.07) is -1.33. The molecule has 1 fully saturated rings. The van der Waals surface area contributed by atoms with Crippen molar-refractivity contribution in [1.29, 1.82) is 0 Å². The van der Waals surface area contributed by atoms with Crippen LogP contribution in [0, 0.1) is 5.92 Å². The van der Waals surface area contributed by atoms with Crippen LogP contribution in [0.2, 0.25) is 0 Å². The topological polar surface area (TPSA) is 96.0 Å². The second-order valence-corrected chi connectivity index (χ2v) is 4.93. The Morgan fingerprint density at radius 1 is 1.35 bits per heavy atom. The second kappa shape index (κ2) is 6.36. The number of esters is 1. The van der Waals surface area contributed by atoms with Gasteiger partial charge in [0.05, 0.1) is 7.11 Å². The fourth-order valence-corrected chi connectivity index (χ4v) is 1.81. The summed E-state index contributed by atoms with van der Waals surface area (Å²) in [6.45, 7) is 3.06. The third-order valence-corrected chi connectivity index (χ3v) is 2.97. The average Bonchev–Trinajstić information content (AvgIpc) is 2.61. The Morgan fingerprint density at radius 2 is 1.95 bits per heavy atom. The Hall–Kier alpha value is -2.12. The molecule has 1 atom stereocenters. The van der Waals surface area contributed by atoms with Gasteiger partial charge < -0.3 is 15.0 Å². The van der Waals surface area contributed by atoms with Crippen LogP contribution in [0.15, 0.2) is 0 Å². The van der Waals surface area contributed by atoms with Crippen LogP contribution in [0.1, 0.15) is 13.8 Å². The summed E-state index contributed by atoms with van der Waals surface area (Å²) < 4.78 is 4.59. The van der Waals surface area contributed by atoms with Crippen LogP contribution < -0.4 is 5.32 Å². The minimum atomic E-state index is -0.807. The Labute approximate surface area is 117 Å². The van der Waals surface area contributed by atoms with Gasteiger partial charge >= 0.3 is 12.0 Å². The number of hydrogen-bond donors (Lipinski definition) is 1. The molecule has 8 heteroatoms. The van der Waals surface area contributed by atoms with Gasteiger partial charge in [-0.3, -0.25) is 14.5 Å². The predicted molar refractivity (Wildman–Crippen MR) is 68.5 cm³/mol. The number of likely N-dealkylation sites (N-methyl/N-ethyl adjacent to an activating group) is 1. The lowest BCUT2D eigenvalue weighted by molar-refractivity contribution is -0.146. The van der Waals surface area contributed by atoms with Gasteiger partial charge in [0.25, 0.3) is 5.91 Å². The highest BCUT2D eigenvalue weighted by atomic mass is 16.5. The lowest BCUT2D eigenvalue weighted by atomic mass is 10.0. The number of nitrogens with one attached hydrogen (secondary N) is 1. The van der Waals surface area contributed by atoms with Crippen LogP contribution >= 0.6 is 0 Å². The summed E-state index contributed by atoms with van der Waals surface area (Å²) in [6.07, 6.45) is 0. The summed E-state index contributed by atoms with van der Waals surface area (Å²) in [7, 11) is 2.70. The van der Waals surface area contributed by atoms with E-state index in [0.717, 1.165) is 4.90 Å². The van der Waals surface area contributed by atoms with E-state index in [2.05, 4.69) is 10.1 Å². The Bertz CT molecular complexity index is 435. The number of urea groups is 1. The number of imide groups is 1. The van der Waals surface area contributed by atoms with Gasteiger partial charge in [0.15, 0.2) is 0 Å². The van der Waals surface area contributed by atoms with Gasteiger partial charge in [0.2, 0.25) is 5.91 Å². The third kappa shape index (κ3) is 3.46. The lowest BCUT2D eigenvalue weighted by Crippen LogP contribution is -2.49. The van der Waals surface area contributed by atoms with Gasteiger partial charge in [-0.1, -0.05) is 13.8 Å². The second-order valence-electron chi connectivity index (χ2n) is 4.93. The minimum absolute atomic E-state index is 0.0449. The van der Waals surface area contributed by atoms with Gasteiger partial charge in [-0.25, -0.2) is 9.59 Å². The fraction of sp³-hybridized carbons (Fsp3) is 0.667. The van der Waals surface area contributed by atoms with E-state index in [4.69, 9.17) is 0 Å². The van der Waals surface area contributed by atoms with Crippen molar-refractivity contribution >= 4 is 23.8 Å². The van der Waals surface area contributed by atoms with Gasteiger partial charge in [-0.05, 0) is 5.92 Å². The molecule has 8 nitrogen and oxygen atoms in total. The van der Waals surface area contributed by atoms with Crippen LogP contribution in [0.25, 0.3) is 0 Å². The molecule has 0 saturated carbocycles. The summed E-state index contributed by atoms with van der Waals surface area (Å²) in [4.78, 5) is 48.6. The highest BCUT2D eigenvalue weighted by Crippen LogP contribution is 2.08. The first-order valence-electron chi connectivity index (χ1n) is 6.20. The molecule has 112 valence electrons. The van der Waals surface area contributed by atoms with E-state index in [1.54, 1.807) is 13.8 Å². The molecule has 1 heterocycles.